The molecule has 20 rings (SSSR count). The van der Waals surface area contributed by atoms with E-state index in [1.165, 1.54) is 72.7 Å². The van der Waals surface area contributed by atoms with Crippen LogP contribution in [0.4, 0.5) is 74.6 Å². The summed E-state index contributed by atoms with van der Waals surface area (Å²) in [5, 5.41) is 7.38. The summed E-state index contributed by atoms with van der Waals surface area (Å²) in [5.74, 6) is -1.42. The van der Waals surface area contributed by atoms with Gasteiger partial charge in [-0.3, -0.25) is 0 Å². The fraction of sp³-hybridized carbons (Fsp3) is 0.323. The third-order valence-corrected chi connectivity index (χ3v) is 26.6. The van der Waals surface area contributed by atoms with Crippen LogP contribution in [-0.2, 0) is 57.5 Å². The molecule has 0 saturated carbocycles. The largest absolute Gasteiger partial charge is 0.463 e. The molecule has 0 fully saturated rings. The van der Waals surface area contributed by atoms with Gasteiger partial charge in [0.2, 0.25) is 13.7 Å². The van der Waals surface area contributed by atoms with Crippen molar-refractivity contribution in [3.05, 3.63) is 404 Å². The van der Waals surface area contributed by atoms with Crippen LogP contribution in [0.2, 0.25) is 0 Å². The Bertz CT molecular complexity index is 7180. The van der Waals surface area contributed by atoms with Crippen LogP contribution < -0.4 is 14.2 Å². The quantitative estimate of drug-likeness (QED) is 0.155. The van der Waals surface area contributed by atoms with E-state index in [0.717, 1.165) is 157 Å². The Morgan fingerprint density at radius 3 is 1.09 bits per heavy atom. The van der Waals surface area contributed by atoms with Gasteiger partial charge in [-0.15, -0.1) is 0 Å². The van der Waals surface area contributed by atoms with Crippen molar-refractivity contribution in [2.45, 2.75) is 228 Å². The fourth-order valence-electron chi connectivity index (χ4n) is 18.9. The molecule has 16 aromatic rings. The second-order valence-electron chi connectivity index (χ2n) is 39.5. The van der Waals surface area contributed by atoms with Crippen molar-refractivity contribution >= 4 is 64.6 Å². The Balaban J connectivity index is 0.000000153. The van der Waals surface area contributed by atoms with Crippen LogP contribution in [0.3, 0.4) is 0 Å². The number of alkyl halides is 7. The molecule has 0 radical (unpaired) electrons. The Kier molecular flexibility index (Phi) is 38.5. The zero-order chi connectivity index (χ0) is 105. The molecule has 16 aromatic carbocycles. The highest BCUT2D eigenvalue weighted by molar-refractivity contribution is 5.89. The van der Waals surface area contributed by atoms with E-state index in [1.54, 1.807) is 108 Å². The van der Waals surface area contributed by atoms with Crippen molar-refractivity contribution in [1.82, 2.24) is 0 Å². The molecule has 0 heterocycles. The summed E-state index contributed by atoms with van der Waals surface area (Å²) in [6.45, 7) is 33.4. The van der Waals surface area contributed by atoms with Crippen LogP contribution >= 0.6 is 0 Å². The van der Waals surface area contributed by atoms with Crippen molar-refractivity contribution in [1.29, 1.82) is 0 Å². The molecule has 4 aliphatic rings. The second-order valence-corrected chi connectivity index (χ2v) is 39.5. The zero-order valence-electron chi connectivity index (χ0n) is 85.6. The van der Waals surface area contributed by atoms with Gasteiger partial charge in [-0.25, -0.2) is 52.7 Å². The van der Waals surface area contributed by atoms with Gasteiger partial charge in [0.1, 0.15) is 52.2 Å². The van der Waals surface area contributed by atoms with Crippen LogP contribution in [0.15, 0.2) is 206 Å². The van der Waals surface area contributed by atoms with Crippen LogP contribution in [0.5, 0.6) is 17.2 Å². The zero-order valence-corrected chi connectivity index (χ0v) is 85.6. The molecule has 0 saturated heterocycles. The Hall–Kier alpha value is -12.7. The summed E-state index contributed by atoms with van der Waals surface area (Å²) in [5.41, 5.74) is 21.1. The number of ether oxygens (including phenoxy) is 3. The summed E-state index contributed by atoms with van der Waals surface area (Å²) in [4.78, 5) is 0. The molecule has 3 nitrogen and oxygen atoms in total. The van der Waals surface area contributed by atoms with Gasteiger partial charge in [-0.2, -0.15) is 22.0 Å². The van der Waals surface area contributed by atoms with E-state index in [9.17, 15) is 74.6 Å². The minimum Gasteiger partial charge on any atom is -0.463 e. The molecule has 760 valence electrons. The van der Waals surface area contributed by atoms with Gasteiger partial charge in [0.05, 0.1) is 16.3 Å². The van der Waals surface area contributed by atoms with E-state index < -0.39 is 72.8 Å². The van der Waals surface area contributed by atoms with Gasteiger partial charge in [0.25, 0.3) is 0 Å². The van der Waals surface area contributed by atoms with Crippen LogP contribution in [0.1, 0.15) is 192 Å². The van der Waals surface area contributed by atoms with E-state index in [0.29, 0.717) is 102 Å². The Morgan fingerprint density at radius 2 is 0.604 bits per heavy atom. The summed E-state index contributed by atoms with van der Waals surface area (Å²) in [7, 11) is 0. The van der Waals surface area contributed by atoms with E-state index >= 15 is 0 Å². The predicted octanol–water partition coefficient (Wildman–Crippen LogP) is 36.8. The first-order valence-electron chi connectivity index (χ1n) is 48.7. The Morgan fingerprint density at radius 1 is 0.264 bits per heavy atom. The normalized spacial score (nSPS) is 14.8. The number of aryl methyl sites for hydroxylation is 20. The van der Waals surface area contributed by atoms with E-state index in [2.05, 4.69) is 43.7 Å². The third-order valence-electron chi connectivity index (χ3n) is 26.6. The maximum Gasteiger partial charge on any atom is 0.416 e. The molecule has 0 bridgehead atoms. The highest BCUT2D eigenvalue weighted by Gasteiger charge is 2.36. The van der Waals surface area contributed by atoms with Crippen molar-refractivity contribution in [2.75, 3.05) is 13.7 Å². The molecule has 20 heteroatoms. The molecule has 0 aliphatic heterocycles. The number of halogens is 17. The van der Waals surface area contributed by atoms with E-state index in [4.69, 9.17) is 9.47 Å². The summed E-state index contributed by atoms with van der Waals surface area (Å²) >= 11 is 0. The Labute approximate surface area is 835 Å². The molecule has 4 aliphatic carbocycles. The van der Waals surface area contributed by atoms with Crippen LogP contribution in [0.25, 0.3) is 64.6 Å². The summed E-state index contributed by atoms with van der Waals surface area (Å²) < 4.78 is 237. The second kappa shape index (κ2) is 49.7. The van der Waals surface area contributed by atoms with Crippen molar-refractivity contribution in [3.8, 4) is 17.2 Å². The molecule has 0 N–H and O–H groups in total. The monoisotopic (exact) mass is 1990 g/mol. The smallest absolute Gasteiger partial charge is 0.416 e. The maximum absolute atomic E-state index is 13.6. The maximum atomic E-state index is 13.6. The fourth-order valence-corrected chi connectivity index (χ4v) is 18.9. The third kappa shape index (κ3) is 29.1. The van der Waals surface area contributed by atoms with Crippen LogP contribution in [0, 0.1) is 193 Å². The first-order valence-corrected chi connectivity index (χ1v) is 48.7. The highest BCUT2D eigenvalue weighted by atomic mass is 19.4. The first kappa shape index (κ1) is 112. The predicted molar refractivity (Wildman–Crippen MR) is 554 cm³/mol. The van der Waals surface area contributed by atoms with Gasteiger partial charge in [0, 0.05) is 16.2 Å². The van der Waals surface area contributed by atoms with Gasteiger partial charge in [-0.1, -0.05) is 189 Å². The number of benzene rings is 16. The summed E-state index contributed by atoms with van der Waals surface area (Å²) in [6.07, 6.45) is 7.75. The number of hydrogen-bond acceptors (Lipinski definition) is 3. The average Bonchev–Trinajstić information content (AvgIpc) is 0.772. The highest BCUT2D eigenvalue weighted by Crippen LogP contribution is 2.42. The molecule has 0 spiro atoms. The molecule has 0 amide bonds. The summed E-state index contributed by atoms with van der Waals surface area (Å²) in [6, 6.07) is 61.9. The molecule has 4 unspecified atom stereocenters. The molecular formula is C124H127F17O3. The molecule has 4 atom stereocenters. The lowest BCUT2D eigenvalue weighted by Gasteiger charge is -2.25. The van der Waals surface area contributed by atoms with Crippen molar-refractivity contribution in [2.24, 2.45) is 23.7 Å². The van der Waals surface area contributed by atoms with Gasteiger partial charge in [0.15, 0.2) is 23.3 Å². The molecule has 144 heavy (non-hydrogen) atoms. The molecule has 0 aromatic heterocycles. The standard InChI is InChI=1S/C13H15F3.C13H16F2O.2C13H17FO.C12H9F3.2C12H10F2.3C12H11F/c1-8-3-4-10-5-9(2)7-12(11(10)6-8)13(14,15)16;1-8-3-4-10-5-9(2)7-12(11(10)6-8)16-13(14)15;2*1-9-3-4-11-5-10(2)7-13(15-8-14)12(11)6-9;1-6-3-4-8-5-7(2)11(14)12(15)9(8)10(6)13;1-7-5-9-4-3-8(2)12(14)11(9)10(13)6-7;1-7-3-4-9-6-8(2)11(13)12(14)10(9)5-7;1-8-3-6-11-10(7-8)5-4-9(2)12(11)13;1-8-3-4-10-5-9(2)7-12(13)11(10)6-8;1-8-3-4-10-6-9(2)12(13)7-11(10)5-8/h5,7-8H,3-4,6H2,1-2H3;5,7-8,13H,3-4,6H2,1-2H3;2*5,7,9H,3-4,6,8H2,1-2H3;3-5H,1-2H3;2*3-6H,1-2H3;3*3-7H,1-2H3. The minimum absolute atomic E-state index is 0.0931. The molecular weight excluding hydrogens is 1860 g/mol. The van der Waals surface area contributed by atoms with Gasteiger partial charge < -0.3 is 14.2 Å². The average molecular weight is 1990 g/mol. The number of fused-ring (bicyclic) bond motifs is 10. The number of hydrogen-bond donors (Lipinski definition) is 0. The van der Waals surface area contributed by atoms with E-state index in [1.807, 2.05) is 165 Å². The lowest BCUT2D eigenvalue weighted by molar-refractivity contribution is -0.138. The van der Waals surface area contributed by atoms with E-state index in [-0.39, 0.29) is 33.8 Å². The topological polar surface area (TPSA) is 27.7 Å². The van der Waals surface area contributed by atoms with Crippen LogP contribution in [-0.4, -0.2) is 20.3 Å². The van der Waals surface area contributed by atoms with Crippen molar-refractivity contribution < 1.29 is 88.8 Å². The lowest BCUT2D eigenvalue weighted by Crippen LogP contribution is -2.18. The first-order chi connectivity index (χ1) is 68.1. The minimum atomic E-state index is -4.22. The van der Waals surface area contributed by atoms with Crippen molar-refractivity contribution in [3.63, 3.8) is 0 Å². The van der Waals surface area contributed by atoms with Gasteiger partial charge in [-0.05, 0) is 428 Å². The number of rotatable bonds is 6. The lowest BCUT2D eigenvalue weighted by atomic mass is 9.81. The van der Waals surface area contributed by atoms with Gasteiger partial charge >= 0.3 is 12.8 Å². The SMILES string of the molecule is Cc1cc(F)c2c(F)c(C)ccc2c1.Cc1cc(F)c2cc(C)ccc2c1.Cc1cc2c(c(C(F)(F)F)c1)CC(C)CC2.Cc1cc2c(c(OC(F)F)c1)CC(C)CC2.Cc1cc2c(c(OCF)c1)CC(C)CC2.Cc1cc2c(c(OCF)c1)CC(C)CC2.Cc1cc2ccc(C)c(F)c2c(F)c1F.Cc1ccc2c(F)c(C)ccc2c1.Cc1ccc2cc(C)c(F)c(F)c2c1.Cc1ccc2cc(C)c(F)cc2c1.